The summed E-state index contributed by atoms with van der Waals surface area (Å²) in [4.78, 5) is 10.2. The predicted octanol–water partition coefficient (Wildman–Crippen LogP) is -0.389. The van der Waals surface area contributed by atoms with Gasteiger partial charge in [-0.25, -0.2) is 0 Å². The fraction of sp³-hybridized carbons (Fsp3) is 0.600. The van der Waals surface area contributed by atoms with Gasteiger partial charge in [-0.3, -0.25) is 4.79 Å². The van der Waals surface area contributed by atoms with Crippen LogP contribution in [-0.2, 0) is 9.53 Å². The minimum atomic E-state index is -1.24. The van der Waals surface area contributed by atoms with Crippen LogP contribution in [0.3, 0.4) is 0 Å². The minimum absolute atomic E-state index is 0.0266. The smallest absolute Gasteiger partial charge is 0.328 e. The summed E-state index contributed by atoms with van der Waals surface area (Å²) in [5, 5.41) is 16.7. The number of hydrogen-bond donors (Lipinski definition) is 1. The van der Waals surface area contributed by atoms with Gasteiger partial charge in [0.25, 0.3) is 0 Å². The van der Waals surface area contributed by atoms with Crippen molar-refractivity contribution in [3.8, 4) is 6.07 Å². The lowest BCUT2D eigenvalue weighted by Gasteiger charge is -2.30. The molecule has 9 heavy (non-hydrogen) atoms. The standard InChI is InChI=1S/C5H5NO3/c6-1-5(4(7)8)2-9-3-5/h2-3H2,(H,7,8). The Labute approximate surface area is 51.7 Å². The van der Waals surface area contributed by atoms with Crippen LogP contribution in [0.4, 0.5) is 0 Å². The topological polar surface area (TPSA) is 70.3 Å². The monoisotopic (exact) mass is 127 g/mol. The first kappa shape index (κ1) is 6.05. The third-order valence-corrected chi connectivity index (χ3v) is 1.32. The van der Waals surface area contributed by atoms with Crippen LogP contribution in [0.1, 0.15) is 0 Å². The van der Waals surface area contributed by atoms with Crippen molar-refractivity contribution in [3.63, 3.8) is 0 Å². The van der Waals surface area contributed by atoms with E-state index in [2.05, 4.69) is 4.74 Å². The summed E-state index contributed by atoms with van der Waals surface area (Å²) in [5.41, 5.74) is -1.24. The van der Waals surface area contributed by atoms with Crippen molar-refractivity contribution in [1.29, 1.82) is 5.26 Å². The summed E-state index contributed by atoms with van der Waals surface area (Å²) < 4.78 is 4.59. The molecule has 1 N–H and O–H groups in total. The highest BCUT2D eigenvalue weighted by molar-refractivity contribution is 5.79. The van der Waals surface area contributed by atoms with Crippen molar-refractivity contribution >= 4 is 5.97 Å². The van der Waals surface area contributed by atoms with Gasteiger partial charge in [-0.15, -0.1) is 0 Å². The molecule has 0 aromatic heterocycles. The molecule has 1 rings (SSSR count). The number of carboxylic acid groups (broad SMARTS) is 1. The van der Waals surface area contributed by atoms with Crippen LogP contribution in [0.15, 0.2) is 0 Å². The van der Waals surface area contributed by atoms with E-state index in [1.54, 1.807) is 6.07 Å². The lowest BCUT2D eigenvalue weighted by atomic mass is 9.88. The summed E-state index contributed by atoms with van der Waals surface area (Å²) >= 11 is 0. The predicted molar refractivity (Wildman–Crippen MR) is 26.5 cm³/mol. The Bertz CT molecular complexity index is 177. The lowest BCUT2D eigenvalue weighted by Crippen LogP contribution is -2.47. The van der Waals surface area contributed by atoms with E-state index in [9.17, 15) is 4.79 Å². The third kappa shape index (κ3) is 0.661. The quantitative estimate of drug-likeness (QED) is 0.520. The number of carbonyl (C=O) groups is 1. The van der Waals surface area contributed by atoms with Gasteiger partial charge < -0.3 is 9.84 Å². The van der Waals surface area contributed by atoms with E-state index in [-0.39, 0.29) is 13.2 Å². The fourth-order valence-electron chi connectivity index (χ4n) is 0.542. The summed E-state index contributed by atoms with van der Waals surface area (Å²) in [6.07, 6.45) is 0. The molecule has 0 aliphatic carbocycles. The van der Waals surface area contributed by atoms with Crippen LogP contribution < -0.4 is 0 Å². The van der Waals surface area contributed by atoms with E-state index in [1.165, 1.54) is 0 Å². The van der Waals surface area contributed by atoms with Crippen LogP contribution >= 0.6 is 0 Å². The summed E-state index contributed by atoms with van der Waals surface area (Å²) in [6.45, 7) is 0.0532. The van der Waals surface area contributed by atoms with Gasteiger partial charge in [-0.05, 0) is 0 Å². The minimum Gasteiger partial charge on any atom is -0.480 e. The maximum Gasteiger partial charge on any atom is 0.328 e. The molecule has 0 aromatic carbocycles. The fourth-order valence-corrected chi connectivity index (χ4v) is 0.542. The van der Waals surface area contributed by atoms with Gasteiger partial charge in [-0.1, -0.05) is 0 Å². The Morgan fingerprint density at radius 3 is 2.33 bits per heavy atom. The molecule has 0 amide bonds. The van der Waals surface area contributed by atoms with Crippen molar-refractivity contribution in [1.82, 2.24) is 0 Å². The Morgan fingerprint density at radius 2 is 2.33 bits per heavy atom. The molecule has 1 aliphatic heterocycles. The maximum absolute atomic E-state index is 10.2. The van der Waals surface area contributed by atoms with E-state index >= 15 is 0 Å². The Morgan fingerprint density at radius 1 is 1.78 bits per heavy atom. The molecule has 0 unspecified atom stereocenters. The lowest BCUT2D eigenvalue weighted by molar-refractivity contribution is -0.168. The van der Waals surface area contributed by atoms with Crippen LogP contribution in [0.2, 0.25) is 0 Å². The maximum atomic E-state index is 10.2. The van der Waals surface area contributed by atoms with Gasteiger partial charge in [0.2, 0.25) is 0 Å². The number of nitriles is 1. The number of aliphatic carboxylic acids is 1. The van der Waals surface area contributed by atoms with Crippen LogP contribution in [0.5, 0.6) is 0 Å². The zero-order valence-electron chi connectivity index (χ0n) is 4.63. The first-order valence-corrected chi connectivity index (χ1v) is 2.44. The van der Waals surface area contributed by atoms with Crippen molar-refractivity contribution in [2.24, 2.45) is 5.41 Å². The molecule has 4 nitrogen and oxygen atoms in total. The molecule has 1 saturated heterocycles. The van der Waals surface area contributed by atoms with Gasteiger partial charge in [0.1, 0.15) is 0 Å². The highest BCUT2D eigenvalue weighted by Crippen LogP contribution is 2.25. The molecule has 1 aliphatic rings. The molecule has 48 valence electrons. The first-order chi connectivity index (χ1) is 4.21. The normalized spacial score (nSPS) is 21.7. The zero-order valence-corrected chi connectivity index (χ0v) is 4.63. The molecule has 0 aromatic rings. The molecule has 0 atom stereocenters. The van der Waals surface area contributed by atoms with Gasteiger partial charge in [-0.2, -0.15) is 5.26 Å². The van der Waals surface area contributed by atoms with E-state index < -0.39 is 11.4 Å². The second-order valence-electron chi connectivity index (χ2n) is 1.99. The number of hydrogen-bond acceptors (Lipinski definition) is 3. The number of nitrogens with zero attached hydrogens (tertiary/aromatic N) is 1. The molecular formula is C5H5NO3. The summed E-state index contributed by atoms with van der Waals surface area (Å²) in [7, 11) is 0. The molecule has 0 radical (unpaired) electrons. The highest BCUT2D eigenvalue weighted by Gasteiger charge is 2.46. The van der Waals surface area contributed by atoms with E-state index in [4.69, 9.17) is 10.4 Å². The van der Waals surface area contributed by atoms with Crippen molar-refractivity contribution in [2.45, 2.75) is 0 Å². The number of carboxylic acids is 1. The molecule has 1 fully saturated rings. The Hall–Kier alpha value is -1.08. The van der Waals surface area contributed by atoms with Crippen LogP contribution in [0, 0.1) is 16.7 Å². The molecule has 4 heteroatoms. The number of rotatable bonds is 1. The summed E-state index contributed by atoms with van der Waals surface area (Å²) in [5.74, 6) is -1.09. The first-order valence-electron chi connectivity index (χ1n) is 2.44. The van der Waals surface area contributed by atoms with E-state index in [0.29, 0.717) is 0 Å². The van der Waals surface area contributed by atoms with E-state index in [0.717, 1.165) is 0 Å². The molecule has 0 spiro atoms. The average molecular weight is 127 g/mol. The molecule has 0 saturated carbocycles. The third-order valence-electron chi connectivity index (χ3n) is 1.32. The molecule has 0 bridgehead atoms. The molecule has 1 heterocycles. The second-order valence-corrected chi connectivity index (χ2v) is 1.99. The Balaban J connectivity index is 2.71. The van der Waals surface area contributed by atoms with Crippen molar-refractivity contribution < 1.29 is 14.6 Å². The zero-order chi connectivity index (χ0) is 6.91. The highest BCUT2D eigenvalue weighted by atomic mass is 16.5. The average Bonchev–Trinajstić information content (AvgIpc) is 1.62. The second kappa shape index (κ2) is 1.71. The van der Waals surface area contributed by atoms with Gasteiger partial charge in [0.05, 0.1) is 19.3 Å². The van der Waals surface area contributed by atoms with Crippen LogP contribution in [0.25, 0.3) is 0 Å². The Kier molecular flexibility index (Phi) is 1.15. The van der Waals surface area contributed by atoms with Crippen molar-refractivity contribution in [3.05, 3.63) is 0 Å². The van der Waals surface area contributed by atoms with Gasteiger partial charge in [0.15, 0.2) is 5.41 Å². The molecular weight excluding hydrogens is 122 g/mol. The SMILES string of the molecule is N#CC1(C(=O)O)COC1. The van der Waals surface area contributed by atoms with E-state index in [1.807, 2.05) is 0 Å². The largest absolute Gasteiger partial charge is 0.480 e. The van der Waals surface area contributed by atoms with Gasteiger partial charge in [0, 0.05) is 0 Å². The van der Waals surface area contributed by atoms with Gasteiger partial charge >= 0.3 is 5.97 Å². The van der Waals surface area contributed by atoms with Crippen molar-refractivity contribution in [2.75, 3.05) is 13.2 Å². The summed E-state index contributed by atoms with van der Waals surface area (Å²) in [6, 6.07) is 1.69. The number of ether oxygens (including phenoxy) is 1. The van der Waals surface area contributed by atoms with Crippen LogP contribution in [-0.4, -0.2) is 24.3 Å².